The summed E-state index contributed by atoms with van der Waals surface area (Å²) in [5.74, 6) is 0.703. The van der Waals surface area contributed by atoms with Gasteiger partial charge in [-0.05, 0) is 61.0 Å². The molecule has 0 saturated carbocycles. The van der Waals surface area contributed by atoms with E-state index in [1.807, 2.05) is 54.0 Å². The highest BCUT2D eigenvalue weighted by atomic mass is 32.2. The Morgan fingerprint density at radius 2 is 1.71 bits per heavy atom. The lowest BCUT2D eigenvalue weighted by Gasteiger charge is -2.16. The SMILES string of the molecule is Cc1ccc(-c2cc(O)ccc2OCc2ccccc2)n1-c1cccc(S(N)(=O)=O)c1. The molecule has 6 nitrogen and oxygen atoms in total. The molecule has 0 fully saturated rings. The third kappa shape index (κ3) is 4.47. The Hall–Kier alpha value is -3.55. The van der Waals surface area contributed by atoms with Gasteiger partial charge >= 0.3 is 0 Å². The minimum atomic E-state index is -3.84. The van der Waals surface area contributed by atoms with Gasteiger partial charge in [-0.2, -0.15) is 0 Å². The first-order valence-corrected chi connectivity index (χ1v) is 11.2. The van der Waals surface area contributed by atoms with Gasteiger partial charge in [0.05, 0.1) is 10.6 Å². The molecule has 3 aromatic carbocycles. The number of sulfonamides is 1. The molecule has 0 aliphatic carbocycles. The molecule has 0 radical (unpaired) electrons. The fraction of sp³-hybridized carbons (Fsp3) is 0.0833. The quantitative estimate of drug-likeness (QED) is 0.471. The van der Waals surface area contributed by atoms with E-state index < -0.39 is 10.0 Å². The summed E-state index contributed by atoms with van der Waals surface area (Å²) in [5.41, 5.74) is 3.99. The second-order valence-electron chi connectivity index (χ2n) is 7.19. The lowest BCUT2D eigenvalue weighted by molar-refractivity contribution is 0.307. The lowest BCUT2D eigenvalue weighted by atomic mass is 10.1. The van der Waals surface area contributed by atoms with Crippen molar-refractivity contribution < 1.29 is 18.3 Å². The van der Waals surface area contributed by atoms with Gasteiger partial charge in [-0.1, -0.05) is 36.4 Å². The maximum atomic E-state index is 11.8. The van der Waals surface area contributed by atoms with E-state index in [1.165, 1.54) is 12.1 Å². The van der Waals surface area contributed by atoms with Gasteiger partial charge in [-0.25, -0.2) is 13.6 Å². The molecular formula is C24H22N2O4S. The molecular weight excluding hydrogens is 412 g/mol. The number of aromatic hydroxyl groups is 1. The summed E-state index contributed by atoms with van der Waals surface area (Å²) in [6, 6.07) is 25.0. The first-order chi connectivity index (χ1) is 14.8. The molecule has 0 atom stereocenters. The normalized spacial score (nSPS) is 11.4. The smallest absolute Gasteiger partial charge is 0.238 e. The average molecular weight is 435 g/mol. The number of phenols is 1. The van der Waals surface area contributed by atoms with Crippen LogP contribution < -0.4 is 9.88 Å². The summed E-state index contributed by atoms with van der Waals surface area (Å²) in [6.07, 6.45) is 0. The second-order valence-corrected chi connectivity index (χ2v) is 8.75. The van der Waals surface area contributed by atoms with Crippen LogP contribution in [0.3, 0.4) is 0 Å². The van der Waals surface area contributed by atoms with E-state index in [0.717, 1.165) is 17.0 Å². The van der Waals surface area contributed by atoms with Crippen LogP contribution in [0.2, 0.25) is 0 Å². The Bertz CT molecular complexity index is 1330. The van der Waals surface area contributed by atoms with Crippen LogP contribution in [0.15, 0.2) is 89.8 Å². The zero-order chi connectivity index (χ0) is 22.0. The van der Waals surface area contributed by atoms with Crippen LogP contribution in [0.4, 0.5) is 0 Å². The van der Waals surface area contributed by atoms with Crippen LogP contribution in [0.25, 0.3) is 16.9 Å². The second kappa shape index (κ2) is 8.29. The average Bonchev–Trinajstić information content (AvgIpc) is 3.14. The number of aryl methyl sites for hydroxylation is 1. The summed E-state index contributed by atoms with van der Waals surface area (Å²) in [6.45, 7) is 2.29. The maximum Gasteiger partial charge on any atom is 0.238 e. The molecule has 0 amide bonds. The van der Waals surface area contributed by atoms with E-state index in [2.05, 4.69) is 0 Å². The summed E-state index contributed by atoms with van der Waals surface area (Å²) in [5, 5.41) is 15.5. The van der Waals surface area contributed by atoms with E-state index in [1.54, 1.807) is 30.3 Å². The molecule has 0 bridgehead atoms. The van der Waals surface area contributed by atoms with Crippen LogP contribution in [0.5, 0.6) is 11.5 Å². The van der Waals surface area contributed by atoms with E-state index in [9.17, 15) is 13.5 Å². The monoisotopic (exact) mass is 434 g/mol. The first-order valence-electron chi connectivity index (χ1n) is 9.64. The van der Waals surface area contributed by atoms with Gasteiger partial charge in [0.1, 0.15) is 18.1 Å². The topological polar surface area (TPSA) is 94.5 Å². The molecule has 0 spiro atoms. The number of nitrogens with zero attached hydrogens (tertiary/aromatic N) is 1. The Balaban J connectivity index is 1.79. The van der Waals surface area contributed by atoms with Gasteiger partial charge in [0.2, 0.25) is 10.0 Å². The Morgan fingerprint density at radius 3 is 2.45 bits per heavy atom. The van der Waals surface area contributed by atoms with Crippen molar-refractivity contribution >= 4 is 10.0 Å². The number of rotatable bonds is 6. The molecule has 1 heterocycles. The fourth-order valence-corrected chi connectivity index (χ4v) is 4.02. The minimum absolute atomic E-state index is 0.0282. The summed E-state index contributed by atoms with van der Waals surface area (Å²) < 4.78 is 31.6. The highest BCUT2D eigenvalue weighted by Gasteiger charge is 2.17. The largest absolute Gasteiger partial charge is 0.508 e. The van der Waals surface area contributed by atoms with Gasteiger partial charge in [-0.15, -0.1) is 0 Å². The molecule has 7 heteroatoms. The summed E-state index contributed by atoms with van der Waals surface area (Å²) >= 11 is 0. The van der Waals surface area contributed by atoms with Crippen LogP contribution in [0.1, 0.15) is 11.3 Å². The fourth-order valence-electron chi connectivity index (χ4n) is 3.47. The number of ether oxygens (including phenoxy) is 1. The first kappa shape index (κ1) is 20.7. The van der Waals surface area contributed by atoms with Crippen molar-refractivity contribution in [2.45, 2.75) is 18.4 Å². The zero-order valence-corrected chi connectivity index (χ0v) is 17.7. The summed E-state index contributed by atoms with van der Waals surface area (Å²) in [4.78, 5) is 0.0282. The van der Waals surface area contributed by atoms with Crippen molar-refractivity contribution in [1.82, 2.24) is 4.57 Å². The molecule has 31 heavy (non-hydrogen) atoms. The number of hydrogen-bond donors (Lipinski definition) is 2. The molecule has 4 rings (SSSR count). The van der Waals surface area contributed by atoms with Crippen molar-refractivity contribution in [1.29, 1.82) is 0 Å². The number of hydrogen-bond acceptors (Lipinski definition) is 4. The molecule has 0 aliphatic heterocycles. The molecule has 0 unspecified atom stereocenters. The third-order valence-electron chi connectivity index (χ3n) is 4.96. The van der Waals surface area contributed by atoms with Gasteiger partial charge in [0, 0.05) is 16.9 Å². The van der Waals surface area contributed by atoms with Crippen molar-refractivity contribution in [3.05, 3.63) is 96.2 Å². The van der Waals surface area contributed by atoms with E-state index >= 15 is 0 Å². The number of phenolic OH excluding ortho intramolecular Hbond substituents is 1. The third-order valence-corrected chi connectivity index (χ3v) is 5.87. The predicted molar refractivity (Wildman–Crippen MR) is 120 cm³/mol. The van der Waals surface area contributed by atoms with Crippen molar-refractivity contribution in [2.24, 2.45) is 5.14 Å². The lowest BCUT2D eigenvalue weighted by Crippen LogP contribution is -2.12. The summed E-state index contributed by atoms with van der Waals surface area (Å²) in [7, 11) is -3.84. The predicted octanol–water partition coefficient (Wildman–Crippen LogP) is 4.38. The molecule has 4 aromatic rings. The molecule has 3 N–H and O–H groups in total. The Morgan fingerprint density at radius 1 is 0.935 bits per heavy atom. The van der Waals surface area contributed by atoms with E-state index in [0.29, 0.717) is 23.6 Å². The van der Waals surface area contributed by atoms with Crippen molar-refractivity contribution in [3.63, 3.8) is 0 Å². The maximum absolute atomic E-state index is 11.8. The molecule has 0 saturated heterocycles. The van der Waals surface area contributed by atoms with E-state index in [-0.39, 0.29) is 10.6 Å². The Kier molecular flexibility index (Phi) is 5.54. The highest BCUT2D eigenvalue weighted by molar-refractivity contribution is 7.89. The molecule has 0 aliphatic rings. The highest BCUT2D eigenvalue weighted by Crippen LogP contribution is 2.36. The van der Waals surface area contributed by atoms with Gasteiger partial charge in [-0.3, -0.25) is 0 Å². The van der Waals surface area contributed by atoms with Gasteiger partial charge in [0.15, 0.2) is 0 Å². The standard InChI is InChI=1S/C24H22N2O4S/c1-17-10-12-23(26(17)19-8-5-9-21(14-19)31(25,28)29)22-15-20(27)11-13-24(22)30-16-18-6-3-2-4-7-18/h2-15,27H,16H2,1H3,(H2,25,28,29). The van der Waals surface area contributed by atoms with Crippen molar-refractivity contribution in [2.75, 3.05) is 0 Å². The van der Waals surface area contributed by atoms with Gasteiger partial charge in [0.25, 0.3) is 0 Å². The zero-order valence-electron chi connectivity index (χ0n) is 16.9. The van der Waals surface area contributed by atoms with Crippen LogP contribution in [-0.4, -0.2) is 18.1 Å². The van der Waals surface area contributed by atoms with Gasteiger partial charge < -0.3 is 14.4 Å². The van der Waals surface area contributed by atoms with Crippen LogP contribution >= 0.6 is 0 Å². The number of nitrogens with two attached hydrogens (primary N) is 1. The molecule has 1 aromatic heterocycles. The number of benzene rings is 3. The van der Waals surface area contributed by atoms with Crippen LogP contribution in [-0.2, 0) is 16.6 Å². The molecule has 158 valence electrons. The van der Waals surface area contributed by atoms with E-state index in [4.69, 9.17) is 9.88 Å². The Labute approximate surface area is 181 Å². The number of primary sulfonamides is 1. The minimum Gasteiger partial charge on any atom is -0.508 e. The number of aromatic nitrogens is 1. The van der Waals surface area contributed by atoms with Crippen LogP contribution in [0, 0.1) is 6.92 Å². The van der Waals surface area contributed by atoms with Crippen molar-refractivity contribution in [3.8, 4) is 28.4 Å².